The monoisotopic (exact) mass is 315 g/mol. The van der Waals surface area contributed by atoms with Crippen LogP contribution in [0.2, 0.25) is 0 Å². The predicted molar refractivity (Wildman–Crippen MR) is 92.7 cm³/mol. The molecule has 1 N–H and O–H groups in total. The minimum Gasteiger partial charge on any atom is -0.306 e. The summed E-state index contributed by atoms with van der Waals surface area (Å²) in [5.74, 6) is 0.467. The van der Waals surface area contributed by atoms with Crippen LogP contribution in [0.3, 0.4) is 0 Å². The molecule has 3 aromatic heterocycles. The van der Waals surface area contributed by atoms with Gasteiger partial charge >= 0.3 is 0 Å². The van der Waals surface area contributed by atoms with E-state index in [1.807, 2.05) is 42.6 Å². The lowest BCUT2D eigenvalue weighted by atomic mass is 10.3. The van der Waals surface area contributed by atoms with E-state index in [4.69, 9.17) is 0 Å². The summed E-state index contributed by atoms with van der Waals surface area (Å²) >= 11 is 0. The molecule has 0 saturated carbocycles. The Hall–Kier alpha value is -3.54. The van der Waals surface area contributed by atoms with Crippen LogP contribution >= 0.6 is 0 Å². The summed E-state index contributed by atoms with van der Waals surface area (Å²) < 4.78 is 1.79. The van der Waals surface area contributed by atoms with E-state index < -0.39 is 0 Å². The highest BCUT2D eigenvalue weighted by molar-refractivity contribution is 5.77. The second kappa shape index (κ2) is 5.92. The summed E-state index contributed by atoms with van der Waals surface area (Å²) in [7, 11) is 0. The minimum absolute atomic E-state index is 0.183. The van der Waals surface area contributed by atoms with Gasteiger partial charge in [0.15, 0.2) is 0 Å². The lowest BCUT2D eigenvalue weighted by Crippen LogP contribution is -2.09. The van der Waals surface area contributed by atoms with Crippen LogP contribution in [0.5, 0.6) is 0 Å². The molecule has 0 saturated heterocycles. The maximum Gasteiger partial charge on any atom is 0.259 e. The lowest BCUT2D eigenvalue weighted by molar-refractivity contribution is 0.876. The van der Waals surface area contributed by atoms with Crippen molar-refractivity contribution in [3.63, 3.8) is 0 Å². The highest BCUT2D eigenvalue weighted by Gasteiger charge is 2.02. The molecule has 0 amide bonds. The molecule has 0 atom stereocenters. The highest BCUT2D eigenvalue weighted by atomic mass is 16.1. The smallest absolute Gasteiger partial charge is 0.259 e. The Bertz CT molecular complexity index is 1080. The fourth-order valence-electron chi connectivity index (χ4n) is 2.40. The molecule has 0 aliphatic carbocycles. The molecule has 4 aromatic rings. The van der Waals surface area contributed by atoms with Gasteiger partial charge in [-0.2, -0.15) is 5.10 Å². The Morgan fingerprint density at radius 2 is 1.92 bits per heavy atom. The van der Waals surface area contributed by atoms with Gasteiger partial charge in [0.05, 0.1) is 28.5 Å². The molecule has 0 unspecified atom stereocenters. The van der Waals surface area contributed by atoms with Crippen molar-refractivity contribution < 1.29 is 0 Å². The van der Waals surface area contributed by atoms with E-state index in [1.54, 1.807) is 35.3 Å². The standard InChI is InChI=1S/C18H13N5O/c24-18-15-8-10-19-12-16(15)20-17(21-18)7-6-13-9-11-23(22-13)14-4-2-1-3-5-14/h1-12H,(H,20,21,24)/b7-6+. The molecule has 4 rings (SSSR count). The fraction of sp³-hybridized carbons (Fsp3) is 0. The van der Waals surface area contributed by atoms with E-state index >= 15 is 0 Å². The Labute approximate surface area is 137 Å². The van der Waals surface area contributed by atoms with Gasteiger partial charge in [-0.05, 0) is 36.4 Å². The molecule has 1 aromatic carbocycles. The van der Waals surface area contributed by atoms with Crippen LogP contribution in [0.4, 0.5) is 0 Å². The molecule has 0 aliphatic heterocycles. The van der Waals surface area contributed by atoms with E-state index in [-0.39, 0.29) is 5.56 Å². The number of H-pyrrole nitrogens is 1. The van der Waals surface area contributed by atoms with Crippen LogP contribution in [-0.4, -0.2) is 24.7 Å². The molecule has 0 fully saturated rings. The molecule has 0 aliphatic rings. The van der Waals surface area contributed by atoms with Crippen LogP contribution < -0.4 is 5.56 Å². The van der Waals surface area contributed by atoms with Crippen molar-refractivity contribution in [3.8, 4) is 5.69 Å². The Morgan fingerprint density at radius 1 is 1.04 bits per heavy atom. The zero-order valence-corrected chi connectivity index (χ0v) is 12.6. The number of hydrogen-bond donors (Lipinski definition) is 1. The molecular formula is C18H13N5O. The van der Waals surface area contributed by atoms with Gasteiger partial charge in [0.1, 0.15) is 5.82 Å². The van der Waals surface area contributed by atoms with E-state index in [0.717, 1.165) is 11.4 Å². The number of para-hydroxylation sites is 1. The lowest BCUT2D eigenvalue weighted by Gasteiger charge is -1.99. The summed E-state index contributed by atoms with van der Waals surface area (Å²) in [4.78, 5) is 23.1. The number of rotatable bonds is 3. The van der Waals surface area contributed by atoms with E-state index in [1.165, 1.54) is 0 Å². The number of hydrogen-bond acceptors (Lipinski definition) is 4. The Balaban J connectivity index is 1.64. The van der Waals surface area contributed by atoms with Crippen molar-refractivity contribution in [1.82, 2.24) is 24.7 Å². The third-order valence-electron chi connectivity index (χ3n) is 3.57. The SMILES string of the molecule is O=c1[nH]c(/C=C/c2ccn(-c3ccccc3)n2)nc2cnccc12. The van der Waals surface area contributed by atoms with Crippen molar-refractivity contribution in [2.45, 2.75) is 0 Å². The normalized spacial score (nSPS) is 11.3. The van der Waals surface area contributed by atoms with Crippen molar-refractivity contribution in [2.24, 2.45) is 0 Å². The maximum atomic E-state index is 12.0. The molecular weight excluding hydrogens is 302 g/mol. The second-order valence-electron chi connectivity index (χ2n) is 5.20. The minimum atomic E-state index is -0.183. The summed E-state index contributed by atoms with van der Waals surface area (Å²) in [6.45, 7) is 0. The summed E-state index contributed by atoms with van der Waals surface area (Å²) in [5, 5.41) is 5.00. The molecule has 116 valence electrons. The molecule has 0 spiro atoms. The first-order valence-corrected chi connectivity index (χ1v) is 7.43. The topological polar surface area (TPSA) is 76.5 Å². The van der Waals surface area contributed by atoms with Gasteiger partial charge in [-0.15, -0.1) is 0 Å². The molecule has 0 radical (unpaired) electrons. The molecule has 0 bridgehead atoms. The summed E-state index contributed by atoms with van der Waals surface area (Å²) in [5.41, 5.74) is 2.14. The van der Waals surface area contributed by atoms with Gasteiger partial charge in [-0.25, -0.2) is 9.67 Å². The number of nitrogens with zero attached hydrogens (tertiary/aromatic N) is 4. The number of fused-ring (bicyclic) bond motifs is 1. The number of aromatic amines is 1. The molecule has 24 heavy (non-hydrogen) atoms. The average molecular weight is 315 g/mol. The van der Waals surface area contributed by atoms with Crippen molar-refractivity contribution >= 4 is 23.1 Å². The summed E-state index contributed by atoms with van der Waals surface area (Å²) in [6, 6.07) is 13.4. The van der Waals surface area contributed by atoms with Crippen LogP contribution in [0.1, 0.15) is 11.5 Å². The van der Waals surface area contributed by atoms with Gasteiger partial charge in [0.25, 0.3) is 5.56 Å². The van der Waals surface area contributed by atoms with Gasteiger partial charge < -0.3 is 4.98 Å². The van der Waals surface area contributed by atoms with Gasteiger partial charge in [-0.1, -0.05) is 18.2 Å². The molecule has 6 heteroatoms. The number of pyridine rings is 1. The third-order valence-corrected chi connectivity index (χ3v) is 3.57. The summed E-state index contributed by atoms with van der Waals surface area (Å²) in [6.07, 6.45) is 8.57. The Kier molecular flexibility index (Phi) is 3.47. The average Bonchev–Trinajstić information content (AvgIpc) is 3.10. The van der Waals surface area contributed by atoms with Crippen molar-refractivity contribution in [1.29, 1.82) is 0 Å². The third kappa shape index (κ3) is 2.72. The highest BCUT2D eigenvalue weighted by Crippen LogP contribution is 2.09. The number of aromatic nitrogens is 5. The van der Waals surface area contributed by atoms with Crippen molar-refractivity contribution in [2.75, 3.05) is 0 Å². The first kappa shape index (κ1) is 14.1. The van der Waals surface area contributed by atoms with E-state index in [0.29, 0.717) is 16.7 Å². The zero-order valence-electron chi connectivity index (χ0n) is 12.6. The Morgan fingerprint density at radius 3 is 2.79 bits per heavy atom. The molecule has 3 heterocycles. The molecule has 6 nitrogen and oxygen atoms in total. The first-order valence-electron chi connectivity index (χ1n) is 7.43. The largest absolute Gasteiger partial charge is 0.306 e. The van der Waals surface area contributed by atoms with Crippen LogP contribution in [-0.2, 0) is 0 Å². The quantitative estimate of drug-likeness (QED) is 0.630. The number of nitrogens with one attached hydrogen (secondary N) is 1. The second-order valence-corrected chi connectivity index (χ2v) is 5.20. The van der Waals surface area contributed by atoms with Crippen LogP contribution in [0.25, 0.3) is 28.7 Å². The van der Waals surface area contributed by atoms with Crippen LogP contribution in [0, 0.1) is 0 Å². The fourth-order valence-corrected chi connectivity index (χ4v) is 2.40. The van der Waals surface area contributed by atoms with Crippen LogP contribution in [0.15, 0.2) is 65.8 Å². The number of benzene rings is 1. The van der Waals surface area contributed by atoms with Gasteiger partial charge in [-0.3, -0.25) is 9.78 Å². The first-order chi connectivity index (χ1) is 11.8. The van der Waals surface area contributed by atoms with E-state index in [2.05, 4.69) is 20.1 Å². The van der Waals surface area contributed by atoms with E-state index in [9.17, 15) is 4.79 Å². The predicted octanol–water partition coefficient (Wildman–Crippen LogP) is 2.67. The van der Waals surface area contributed by atoms with Gasteiger partial charge in [0.2, 0.25) is 0 Å². The maximum absolute atomic E-state index is 12.0. The van der Waals surface area contributed by atoms with Crippen molar-refractivity contribution in [3.05, 3.63) is 82.9 Å². The zero-order chi connectivity index (χ0) is 16.4. The van der Waals surface area contributed by atoms with Gasteiger partial charge in [0, 0.05) is 12.4 Å².